The van der Waals surface area contributed by atoms with Crippen molar-refractivity contribution >= 4 is 23.8 Å². The minimum atomic E-state index is -1.27. The Bertz CT molecular complexity index is 1810. The molecular formula is C39H38N2O2. The highest BCUT2D eigenvalue weighted by Crippen LogP contribution is 2.46. The number of hydrogen-bond acceptors (Lipinski definition) is 4. The maximum atomic E-state index is 13.2. The quantitative estimate of drug-likeness (QED) is 0.265. The number of nitrogens with zero attached hydrogens (tertiary/aromatic N) is 1. The van der Waals surface area contributed by atoms with Crippen LogP contribution in [-0.2, 0) is 12.0 Å². The molecule has 43 heavy (non-hydrogen) atoms. The van der Waals surface area contributed by atoms with Gasteiger partial charge in [0, 0.05) is 11.5 Å². The lowest BCUT2D eigenvalue weighted by atomic mass is 9.71. The molecule has 0 saturated carbocycles. The molecule has 4 aromatic rings. The number of nitrogens with one attached hydrogen (secondary N) is 1. The lowest BCUT2D eigenvalue weighted by Crippen LogP contribution is -2.44. The van der Waals surface area contributed by atoms with E-state index in [0.29, 0.717) is 18.8 Å². The van der Waals surface area contributed by atoms with Gasteiger partial charge in [0.25, 0.3) is 0 Å². The molecular weight excluding hydrogens is 528 g/mol. The van der Waals surface area contributed by atoms with Crippen molar-refractivity contribution in [2.75, 3.05) is 20.7 Å². The Morgan fingerprint density at radius 3 is 2.51 bits per heavy atom. The third-order valence-electron chi connectivity index (χ3n) is 8.55. The monoisotopic (exact) mass is 566 g/mol. The number of ether oxygens (including phenoxy) is 1. The average molecular weight is 567 g/mol. The largest absolute Gasteiger partial charge is 0.481 e. The minimum absolute atomic E-state index is 0.438. The summed E-state index contributed by atoms with van der Waals surface area (Å²) < 4.78 is 6.02. The first-order valence-corrected chi connectivity index (χ1v) is 15.0. The zero-order valence-electron chi connectivity index (χ0n) is 24.8. The van der Waals surface area contributed by atoms with Gasteiger partial charge < -0.3 is 15.2 Å². The van der Waals surface area contributed by atoms with Gasteiger partial charge in [-0.15, -0.1) is 0 Å². The van der Waals surface area contributed by atoms with Crippen LogP contribution in [0.5, 0.6) is 5.88 Å². The first-order valence-electron chi connectivity index (χ1n) is 15.0. The van der Waals surface area contributed by atoms with Crippen LogP contribution in [-0.4, -0.2) is 30.8 Å². The van der Waals surface area contributed by atoms with Crippen molar-refractivity contribution in [1.29, 1.82) is 0 Å². The third-order valence-corrected chi connectivity index (χ3v) is 8.55. The first kappa shape index (κ1) is 28.6. The molecule has 2 aliphatic carbocycles. The molecule has 0 amide bonds. The topological polar surface area (TPSA) is 54.4 Å². The van der Waals surface area contributed by atoms with Crippen LogP contribution < -0.4 is 20.5 Å². The summed E-state index contributed by atoms with van der Waals surface area (Å²) in [5, 5.41) is 18.7. The van der Waals surface area contributed by atoms with E-state index >= 15 is 0 Å². The van der Waals surface area contributed by atoms with Gasteiger partial charge in [-0.3, -0.25) is 0 Å². The SMILES string of the molecule is CNCCC(O)(c1cccc2c1=CC=CCC=2)C(c1ccccc1)c1cc2c(nc1OC)C=CC(c1ccccc1)=CC2. The van der Waals surface area contributed by atoms with Gasteiger partial charge in [0.2, 0.25) is 5.88 Å². The van der Waals surface area contributed by atoms with E-state index in [-0.39, 0.29) is 0 Å². The van der Waals surface area contributed by atoms with Crippen molar-refractivity contribution in [2.45, 2.75) is 30.8 Å². The molecule has 0 fully saturated rings. The maximum Gasteiger partial charge on any atom is 0.217 e. The number of aliphatic hydroxyl groups is 1. The predicted octanol–water partition coefficient (Wildman–Crippen LogP) is 5.89. The molecule has 1 aromatic heterocycles. The van der Waals surface area contributed by atoms with Crippen molar-refractivity contribution in [3.8, 4) is 5.88 Å². The van der Waals surface area contributed by atoms with Gasteiger partial charge in [-0.25, -0.2) is 4.98 Å². The standard InChI is InChI=1S/C39H38N2O2/c1-40-26-25-39(42,35-20-12-18-30-15-8-5-11-19-33(30)35)37(31-16-9-4-10-17-31)34-27-32-22-21-29(28-13-6-3-7-14-28)23-24-36(32)41-38(34)43-2/h3-7,9-21,23-24,27,37,40,42H,8,22,25-26H2,1-2H3. The highest BCUT2D eigenvalue weighted by molar-refractivity contribution is 5.80. The summed E-state index contributed by atoms with van der Waals surface area (Å²) in [4.78, 5) is 5.06. The average Bonchev–Trinajstić information content (AvgIpc) is 3.43. The Morgan fingerprint density at radius 2 is 1.74 bits per heavy atom. The smallest absolute Gasteiger partial charge is 0.217 e. The first-order chi connectivity index (χ1) is 21.1. The highest BCUT2D eigenvalue weighted by Gasteiger charge is 2.43. The van der Waals surface area contributed by atoms with E-state index < -0.39 is 11.5 Å². The number of benzene rings is 3. The number of allylic oxidation sites excluding steroid dienone is 5. The van der Waals surface area contributed by atoms with E-state index in [1.165, 1.54) is 5.56 Å². The van der Waals surface area contributed by atoms with Crippen molar-refractivity contribution < 1.29 is 9.84 Å². The fourth-order valence-electron chi connectivity index (χ4n) is 6.42. The Kier molecular flexibility index (Phi) is 8.50. The Labute approximate surface area is 254 Å². The van der Waals surface area contributed by atoms with E-state index in [2.05, 4.69) is 109 Å². The number of aromatic nitrogens is 1. The highest BCUT2D eigenvalue weighted by atomic mass is 16.5. The molecule has 4 heteroatoms. The third kappa shape index (κ3) is 5.77. The van der Waals surface area contributed by atoms with Crippen LogP contribution in [0.3, 0.4) is 0 Å². The fourth-order valence-corrected chi connectivity index (χ4v) is 6.42. The molecule has 3 aromatic carbocycles. The molecule has 0 aliphatic heterocycles. The minimum Gasteiger partial charge on any atom is -0.481 e. The number of fused-ring (bicyclic) bond motifs is 2. The summed E-state index contributed by atoms with van der Waals surface area (Å²) in [5.41, 5.74) is 5.84. The van der Waals surface area contributed by atoms with Gasteiger partial charge in [0.05, 0.1) is 12.8 Å². The number of methoxy groups -OCH3 is 1. The molecule has 0 radical (unpaired) electrons. The Hall–Kier alpha value is -4.51. The summed E-state index contributed by atoms with van der Waals surface area (Å²) in [6.07, 6.45) is 17.1. The molecule has 2 aliphatic rings. The Morgan fingerprint density at radius 1 is 0.953 bits per heavy atom. The van der Waals surface area contributed by atoms with Crippen LogP contribution >= 0.6 is 0 Å². The van der Waals surface area contributed by atoms with E-state index in [9.17, 15) is 5.11 Å². The second-order valence-electron chi connectivity index (χ2n) is 11.2. The molecule has 4 nitrogen and oxygen atoms in total. The summed E-state index contributed by atoms with van der Waals surface area (Å²) in [7, 11) is 3.60. The zero-order valence-corrected chi connectivity index (χ0v) is 24.8. The van der Waals surface area contributed by atoms with Crippen molar-refractivity contribution in [2.24, 2.45) is 0 Å². The van der Waals surface area contributed by atoms with E-state index in [1.54, 1.807) is 7.11 Å². The van der Waals surface area contributed by atoms with Gasteiger partial charge in [0.15, 0.2) is 0 Å². The van der Waals surface area contributed by atoms with Gasteiger partial charge in [-0.2, -0.15) is 0 Å². The van der Waals surface area contributed by atoms with Crippen molar-refractivity contribution in [1.82, 2.24) is 10.3 Å². The number of pyridine rings is 1. The molecule has 0 saturated heterocycles. The fraction of sp³-hybridized carbons (Fsp3) is 0.205. The molecule has 6 rings (SSSR count). The molecule has 2 atom stereocenters. The van der Waals surface area contributed by atoms with Gasteiger partial charge in [-0.1, -0.05) is 115 Å². The Balaban J connectivity index is 1.57. The summed E-state index contributed by atoms with van der Waals surface area (Å²) in [5.74, 6) is 0.0903. The molecule has 2 unspecified atom stereocenters. The van der Waals surface area contributed by atoms with Crippen LogP contribution in [0, 0.1) is 0 Å². The molecule has 2 N–H and O–H groups in total. The second-order valence-corrected chi connectivity index (χ2v) is 11.2. The van der Waals surface area contributed by atoms with Crippen LogP contribution in [0.4, 0.5) is 0 Å². The maximum absolute atomic E-state index is 13.2. The van der Waals surface area contributed by atoms with E-state index in [0.717, 1.165) is 56.8 Å². The number of hydrogen-bond donors (Lipinski definition) is 2. The van der Waals surface area contributed by atoms with Crippen molar-refractivity contribution in [3.63, 3.8) is 0 Å². The zero-order chi connectivity index (χ0) is 29.6. The summed E-state index contributed by atoms with van der Waals surface area (Å²) >= 11 is 0. The van der Waals surface area contributed by atoms with Crippen LogP contribution in [0.1, 0.15) is 52.3 Å². The molecule has 0 bridgehead atoms. The summed E-state index contributed by atoms with van der Waals surface area (Å²) in [6.45, 7) is 0.635. The van der Waals surface area contributed by atoms with E-state index in [1.807, 2.05) is 31.3 Å². The number of rotatable bonds is 9. The van der Waals surface area contributed by atoms with Gasteiger partial charge in [-0.05, 0) is 83.3 Å². The lowest BCUT2D eigenvalue weighted by Gasteiger charge is -2.39. The second kappa shape index (κ2) is 12.8. The lowest BCUT2D eigenvalue weighted by molar-refractivity contribution is 0.00935. The summed E-state index contributed by atoms with van der Waals surface area (Å²) in [6, 6.07) is 29.2. The van der Waals surface area contributed by atoms with Crippen LogP contribution in [0.25, 0.3) is 23.8 Å². The van der Waals surface area contributed by atoms with Crippen LogP contribution in [0.2, 0.25) is 0 Å². The normalized spacial score (nSPS) is 15.8. The molecule has 0 spiro atoms. The van der Waals surface area contributed by atoms with E-state index in [4.69, 9.17) is 9.72 Å². The van der Waals surface area contributed by atoms with Crippen LogP contribution in [0.15, 0.2) is 109 Å². The van der Waals surface area contributed by atoms with Crippen molar-refractivity contribution in [3.05, 3.63) is 153 Å². The van der Waals surface area contributed by atoms with Gasteiger partial charge in [0.1, 0.15) is 5.60 Å². The molecule has 1 heterocycles. The van der Waals surface area contributed by atoms with Gasteiger partial charge >= 0.3 is 0 Å². The predicted molar refractivity (Wildman–Crippen MR) is 177 cm³/mol. The molecule has 216 valence electrons.